The van der Waals surface area contributed by atoms with Crippen molar-refractivity contribution in [3.63, 3.8) is 0 Å². The molecule has 2 aromatic rings. The minimum atomic E-state index is -0.296. The van der Waals surface area contributed by atoms with Gasteiger partial charge in [0, 0.05) is 11.3 Å². The molecule has 0 radical (unpaired) electrons. The van der Waals surface area contributed by atoms with Gasteiger partial charge < -0.3 is 9.47 Å². The highest BCUT2D eigenvalue weighted by molar-refractivity contribution is 5.94. The SMILES string of the molecule is COc1ccc(/C=N/NC(=O)c2n[nH]c3c2CC(CC(C)(C)C)CC3)cc1OC. The summed E-state index contributed by atoms with van der Waals surface area (Å²) in [6, 6.07) is 5.42. The number of carbonyl (C=O) groups is 1. The fraction of sp³-hybridized carbons (Fsp3) is 0.500. The molecule has 3 rings (SSSR count). The lowest BCUT2D eigenvalue weighted by molar-refractivity contribution is 0.0948. The molecule has 1 atom stereocenters. The van der Waals surface area contributed by atoms with Crippen molar-refractivity contribution in [1.29, 1.82) is 0 Å². The molecule has 0 spiro atoms. The number of hydrazone groups is 1. The van der Waals surface area contributed by atoms with Gasteiger partial charge in [0.2, 0.25) is 0 Å². The van der Waals surface area contributed by atoms with Crippen LogP contribution in [-0.2, 0) is 12.8 Å². The summed E-state index contributed by atoms with van der Waals surface area (Å²) in [5, 5.41) is 11.4. The monoisotopic (exact) mass is 398 g/mol. The molecule has 1 aromatic heterocycles. The highest BCUT2D eigenvalue weighted by atomic mass is 16.5. The normalized spacial score (nSPS) is 16.5. The zero-order chi connectivity index (χ0) is 21.0. The number of ether oxygens (including phenoxy) is 2. The number of H-pyrrole nitrogens is 1. The fourth-order valence-corrected chi connectivity index (χ4v) is 3.95. The molecule has 0 saturated carbocycles. The Morgan fingerprint density at radius 1 is 1.31 bits per heavy atom. The maximum Gasteiger partial charge on any atom is 0.292 e. The van der Waals surface area contributed by atoms with E-state index >= 15 is 0 Å². The number of methoxy groups -OCH3 is 2. The quantitative estimate of drug-likeness (QED) is 0.573. The number of aryl methyl sites for hydroxylation is 1. The van der Waals surface area contributed by atoms with Gasteiger partial charge in [0.25, 0.3) is 5.91 Å². The summed E-state index contributed by atoms with van der Waals surface area (Å²) in [7, 11) is 3.16. The molecular weight excluding hydrogens is 368 g/mol. The summed E-state index contributed by atoms with van der Waals surface area (Å²) in [5.74, 6) is 1.52. The minimum Gasteiger partial charge on any atom is -0.493 e. The zero-order valence-electron chi connectivity index (χ0n) is 17.8. The summed E-state index contributed by atoms with van der Waals surface area (Å²) >= 11 is 0. The van der Waals surface area contributed by atoms with Crippen LogP contribution in [0.1, 0.15) is 60.9 Å². The van der Waals surface area contributed by atoms with Crippen LogP contribution >= 0.6 is 0 Å². The first-order valence-corrected chi connectivity index (χ1v) is 9.92. The van der Waals surface area contributed by atoms with Crippen LogP contribution in [0.2, 0.25) is 0 Å². The summed E-state index contributed by atoms with van der Waals surface area (Å²) in [6.45, 7) is 6.77. The number of hydrogen-bond donors (Lipinski definition) is 2. The fourth-order valence-electron chi connectivity index (χ4n) is 3.95. The van der Waals surface area contributed by atoms with Crippen LogP contribution in [0.15, 0.2) is 23.3 Å². The average Bonchev–Trinajstić information content (AvgIpc) is 3.09. The van der Waals surface area contributed by atoms with Crippen LogP contribution < -0.4 is 14.9 Å². The van der Waals surface area contributed by atoms with Crippen molar-refractivity contribution < 1.29 is 14.3 Å². The molecule has 1 aliphatic rings. The van der Waals surface area contributed by atoms with E-state index < -0.39 is 0 Å². The van der Waals surface area contributed by atoms with E-state index in [2.05, 4.69) is 41.5 Å². The molecule has 0 saturated heterocycles. The first-order chi connectivity index (χ1) is 13.8. The van der Waals surface area contributed by atoms with Gasteiger partial charge in [0.05, 0.1) is 20.4 Å². The maximum absolute atomic E-state index is 12.6. The molecule has 1 unspecified atom stereocenters. The average molecular weight is 399 g/mol. The summed E-state index contributed by atoms with van der Waals surface area (Å²) < 4.78 is 10.5. The number of benzene rings is 1. The number of nitrogens with one attached hydrogen (secondary N) is 2. The van der Waals surface area contributed by atoms with Crippen LogP contribution in [0.4, 0.5) is 0 Å². The van der Waals surface area contributed by atoms with Gasteiger partial charge in [-0.15, -0.1) is 0 Å². The van der Waals surface area contributed by atoms with E-state index in [0.717, 1.165) is 42.5 Å². The molecule has 29 heavy (non-hydrogen) atoms. The van der Waals surface area contributed by atoms with Crippen LogP contribution in [0.25, 0.3) is 0 Å². The molecule has 0 aliphatic heterocycles. The Morgan fingerprint density at radius 3 is 2.76 bits per heavy atom. The lowest BCUT2D eigenvalue weighted by Crippen LogP contribution is -2.24. The predicted octanol–water partition coefficient (Wildman–Crippen LogP) is 3.73. The van der Waals surface area contributed by atoms with Crippen LogP contribution in [-0.4, -0.2) is 36.5 Å². The molecule has 0 bridgehead atoms. The molecule has 1 heterocycles. The van der Waals surface area contributed by atoms with E-state index in [0.29, 0.717) is 23.1 Å². The standard InChI is InChI=1S/C22H30N4O3/c1-22(2,3)12-14-6-8-17-16(10-14)20(25-24-17)21(27)26-23-13-15-7-9-18(28-4)19(11-15)29-5/h7,9,11,13-14H,6,8,10,12H2,1-5H3,(H,24,25)(H,26,27)/b23-13+. The smallest absolute Gasteiger partial charge is 0.292 e. The lowest BCUT2D eigenvalue weighted by Gasteiger charge is -2.28. The Morgan fingerprint density at radius 2 is 2.07 bits per heavy atom. The van der Waals surface area contributed by atoms with Crippen molar-refractivity contribution in [2.45, 2.75) is 46.5 Å². The molecular formula is C22H30N4O3. The molecule has 156 valence electrons. The van der Waals surface area contributed by atoms with E-state index in [1.807, 2.05) is 6.07 Å². The van der Waals surface area contributed by atoms with Gasteiger partial charge in [-0.2, -0.15) is 10.2 Å². The molecule has 1 amide bonds. The Labute approximate surface area is 171 Å². The van der Waals surface area contributed by atoms with Crippen molar-refractivity contribution in [3.05, 3.63) is 40.7 Å². The molecule has 1 aromatic carbocycles. The molecule has 7 heteroatoms. The van der Waals surface area contributed by atoms with E-state index in [9.17, 15) is 4.79 Å². The highest BCUT2D eigenvalue weighted by Gasteiger charge is 2.29. The Bertz CT molecular complexity index is 896. The Hall–Kier alpha value is -2.83. The van der Waals surface area contributed by atoms with Gasteiger partial charge >= 0.3 is 0 Å². The van der Waals surface area contributed by atoms with Gasteiger partial charge in [0.1, 0.15) is 0 Å². The Balaban J connectivity index is 1.67. The van der Waals surface area contributed by atoms with E-state index in [4.69, 9.17) is 9.47 Å². The van der Waals surface area contributed by atoms with Crippen molar-refractivity contribution in [3.8, 4) is 11.5 Å². The van der Waals surface area contributed by atoms with Crippen molar-refractivity contribution in [2.24, 2.45) is 16.4 Å². The first kappa shape index (κ1) is 20.9. The second-order valence-electron chi connectivity index (χ2n) is 8.72. The largest absolute Gasteiger partial charge is 0.493 e. The third kappa shape index (κ3) is 5.16. The molecule has 7 nitrogen and oxygen atoms in total. The second kappa shape index (κ2) is 8.68. The number of hydrogen-bond acceptors (Lipinski definition) is 5. The number of fused-ring (bicyclic) bond motifs is 1. The number of nitrogens with zero attached hydrogens (tertiary/aromatic N) is 2. The van der Waals surface area contributed by atoms with E-state index in [-0.39, 0.29) is 11.3 Å². The van der Waals surface area contributed by atoms with Crippen molar-refractivity contribution in [2.75, 3.05) is 14.2 Å². The van der Waals surface area contributed by atoms with Gasteiger partial charge in [-0.05, 0) is 60.8 Å². The number of rotatable bonds is 6. The van der Waals surface area contributed by atoms with Gasteiger partial charge in [0.15, 0.2) is 17.2 Å². The zero-order valence-corrected chi connectivity index (χ0v) is 17.8. The number of aromatic amines is 1. The van der Waals surface area contributed by atoms with Gasteiger partial charge in [-0.1, -0.05) is 20.8 Å². The topological polar surface area (TPSA) is 88.6 Å². The summed E-state index contributed by atoms with van der Waals surface area (Å²) in [4.78, 5) is 12.6. The van der Waals surface area contributed by atoms with Crippen LogP contribution in [0, 0.1) is 11.3 Å². The lowest BCUT2D eigenvalue weighted by atomic mass is 9.76. The second-order valence-corrected chi connectivity index (χ2v) is 8.72. The van der Waals surface area contributed by atoms with E-state index in [1.54, 1.807) is 32.6 Å². The molecule has 1 aliphatic carbocycles. The van der Waals surface area contributed by atoms with Crippen molar-refractivity contribution in [1.82, 2.24) is 15.6 Å². The number of aromatic nitrogens is 2. The highest BCUT2D eigenvalue weighted by Crippen LogP contribution is 2.34. The molecule has 0 fully saturated rings. The van der Waals surface area contributed by atoms with Crippen LogP contribution in [0.3, 0.4) is 0 Å². The third-order valence-electron chi connectivity index (χ3n) is 5.15. The third-order valence-corrected chi connectivity index (χ3v) is 5.15. The van der Waals surface area contributed by atoms with Gasteiger partial charge in [-0.25, -0.2) is 5.43 Å². The van der Waals surface area contributed by atoms with Crippen molar-refractivity contribution >= 4 is 12.1 Å². The Kier molecular flexibility index (Phi) is 6.25. The predicted molar refractivity (Wildman–Crippen MR) is 113 cm³/mol. The van der Waals surface area contributed by atoms with E-state index in [1.165, 1.54) is 0 Å². The maximum atomic E-state index is 12.6. The first-order valence-electron chi connectivity index (χ1n) is 9.92. The summed E-state index contributed by atoms with van der Waals surface area (Å²) in [5.41, 5.74) is 6.21. The number of carbonyl (C=O) groups excluding carboxylic acids is 1. The summed E-state index contributed by atoms with van der Waals surface area (Å²) in [6.07, 6.45) is 5.65. The number of amides is 1. The molecule has 2 N–H and O–H groups in total. The van der Waals surface area contributed by atoms with Gasteiger partial charge in [-0.3, -0.25) is 9.89 Å². The van der Waals surface area contributed by atoms with Crippen LogP contribution in [0.5, 0.6) is 11.5 Å². The minimum absolute atomic E-state index is 0.276.